The van der Waals surface area contributed by atoms with Gasteiger partial charge in [0.1, 0.15) is 16.4 Å². The fraction of sp³-hybridized carbons (Fsp3) is 0.600. The number of nitrogens with one attached hydrogen (secondary N) is 1. The highest BCUT2D eigenvalue weighted by Gasteiger charge is 2.36. The number of fused-ring (bicyclic) bond motifs is 2. The van der Waals surface area contributed by atoms with Crippen LogP contribution in [0.25, 0.3) is 0 Å². The predicted octanol–water partition coefficient (Wildman–Crippen LogP) is 1.64. The summed E-state index contributed by atoms with van der Waals surface area (Å²) in [5.41, 5.74) is 0. The lowest BCUT2D eigenvalue weighted by atomic mass is 10.1. The van der Waals surface area contributed by atoms with Gasteiger partial charge in [0.2, 0.25) is 10.0 Å². The van der Waals surface area contributed by atoms with Crippen LogP contribution in [0, 0.1) is 0 Å². The molecule has 0 aliphatic carbocycles. The van der Waals surface area contributed by atoms with Crippen LogP contribution < -0.4 is 14.8 Å². The number of hydrogen-bond donors (Lipinski definition) is 1. The van der Waals surface area contributed by atoms with Crippen LogP contribution in [0.15, 0.2) is 23.1 Å². The van der Waals surface area contributed by atoms with Crippen molar-refractivity contribution in [1.29, 1.82) is 0 Å². The molecule has 2 aliphatic heterocycles. The highest BCUT2D eigenvalue weighted by atomic mass is 35.5. The van der Waals surface area contributed by atoms with Crippen molar-refractivity contribution in [2.24, 2.45) is 0 Å². The largest absolute Gasteiger partial charge is 0.497 e. The third kappa shape index (κ3) is 3.57. The Balaban J connectivity index is 0.00000192. The van der Waals surface area contributed by atoms with Gasteiger partial charge in [-0.3, -0.25) is 0 Å². The molecule has 2 fully saturated rings. The van der Waals surface area contributed by atoms with Crippen molar-refractivity contribution in [1.82, 2.24) is 9.62 Å². The molecule has 130 valence electrons. The third-order valence-electron chi connectivity index (χ3n) is 4.47. The summed E-state index contributed by atoms with van der Waals surface area (Å²) in [6, 6.07) is 5.55. The number of benzene rings is 1. The molecule has 2 atom stereocenters. The number of nitrogens with zero attached hydrogens (tertiary/aromatic N) is 1. The van der Waals surface area contributed by atoms with E-state index in [1.165, 1.54) is 20.3 Å². The van der Waals surface area contributed by atoms with E-state index in [0.29, 0.717) is 30.6 Å². The number of rotatable bonds is 4. The van der Waals surface area contributed by atoms with Gasteiger partial charge in [0.25, 0.3) is 0 Å². The molecule has 23 heavy (non-hydrogen) atoms. The smallest absolute Gasteiger partial charge is 0.246 e. The molecule has 0 radical (unpaired) electrons. The van der Waals surface area contributed by atoms with Crippen LogP contribution in [-0.2, 0) is 10.0 Å². The SMILES string of the molecule is COc1ccc(OC)c(S(=O)(=O)N2CCC3CCC(C2)N3)c1.Cl. The minimum absolute atomic E-state index is 0. The molecule has 6 nitrogen and oxygen atoms in total. The van der Waals surface area contributed by atoms with E-state index >= 15 is 0 Å². The molecule has 2 bridgehead atoms. The Morgan fingerprint density at radius 1 is 1.13 bits per heavy atom. The van der Waals surface area contributed by atoms with Gasteiger partial charge >= 0.3 is 0 Å². The van der Waals surface area contributed by atoms with Gasteiger partial charge in [0.15, 0.2) is 0 Å². The van der Waals surface area contributed by atoms with Crippen LogP contribution in [0.1, 0.15) is 19.3 Å². The summed E-state index contributed by atoms with van der Waals surface area (Å²) in [4.78, 5) is 0.173. The number of ether oxygens (including phenoxy) is 2. The molecule has 3 rings (SSSR count). The van der Waals surface area contributed by atoms with Crippen molar-refractivity contribution in [3.8, 4) is 11.5 Å². The second-order valence-electron chi connectivity index (χ2n) is 5.81. The molecule has 8 heteroatoms. The van der Waals surface area contributed by atoms with Crippen LogP contribution in [0.2, 0.25) is 0 Å². The molecule has 0 saturated carbocycles. The maximum Gasteiger partial charge on any atom is 0.246 e. The van der Waals surface area contributed by atoms with E-state index in [0.717, 1.165) is 19.3 Å². The van der Waals surface area contributed by atoms with Gasteiger partial charge in [-0.25, -0.2) is 8.42 Å². The van der Waals surface area contributed by atoms with Crippen LogP contribution in [-0.4, -0.2) is 52.1 Å². The summed E-state index contributed by atoms with van der Waals surface area (Å²) >= 11 is 0. The van der Waals surface area contributed by atoms with Gasteiger partial charge in [0, 0.05) is 31.2 Å². The molecule has 2 unspecified atom stereocenters. The second-order valence-corrected chi connectivity index (χ2v) is 7.71. The van der Waals surface area contributed by atoms with Crippen molar-refractivity contribution in [3.63, 3.8) is 0 Å². The first kappa shape index (κ1) is 18.3. The Bertz CT molecular complexity index is 653. The number of methoxy groups -OCH3 is 2. The zero-order valence-electron chi connectivity index (χ0n) is 13.3. The Morgan fingerprint density at radius 3 is 2.57 bits per heavy atom. The maximum absolute atomic E-state index is 13.0. The minimum atomic E-state index is -3.59. The van der Waals surface area contributed by atoms with Gasteiger partial charge < -0.3 is 14.8 Å². The quantitative estimate of drug-likeness (QED) is 0.882. The first-order valence-electron chi connectivity index (χ1n) is 7.53. The standard InChI is InChI=1S/C15H22N2O4S.ClH/c1-20-13-5-6-14(21-2)15(9-13)22(18,19)17-8-7-11-3-4-12(10-17)16-11;/h5-6,9,11-12,16H,3-4,7-8,10H2,1-2H3;1H. The monoisotopic (exact) mass is 362 g/mol. The van der Waals surface area contributed by atoms with Crippen LogP contribution >= 0.6 is 12.4 Å². The molecule has 2 saturated heterocycles. The lowest BCUT2D eigenvalue weighted by Crippen LogP contribution is -2.39. The normalized spacial score (nSPS) is 24.6. The lowest BCUT2D eigenvalue weighted by molar-refractivity contribution is 0.370. The zero-order valence-corrected chi connectivity index (χ0v) is 15.0. The molecule has 0 amide bonds. The van der Waals surface area contributed by atoms with Crippen molar-refractivity contribution in [3.05, 3.63) is 18.2 Å². The summed E-state index contributed by atoms with van der Waals surface area (Å²) in [5.74, 6) is 0.858. The average molecular weight is 363 g/mol. The molecule has 0 aromatic heterocycles. The van der Waals surface area contributed by atoms with E-state index in [1.54, 1.807) is 16.4 Å². The summed E-state index contributed by atoms with van der Waals surface area (Å²) in [6.45, 7) is 1.05. The summed E-state index contributed by atoms with van der Waals surface area (Å²) in [7, 11) is -0.595. The fourth-order valence-corrected chi connectivity index (χ4v) is 4.92. The predicted molar refractivity (Wildman–Crippen MR) is 90.1 cm³/mol. The molecule has 2 aliphatic rings. The second kappa shape index (κ2) is 7.25. The Hall–Kier alpha value is -1.02. The van der Waals surface area contributed by atoms with Crippen molar-refractivity contribution < 1.29 is 17.9 Å². The van der Waals surface area contributed by atoms with Gasteiger partial charge in [-0.15, -0.1) is 12.4 Å². The Kier molecular flexibility index (Phi) is 5.78. The third-order valence-corrected chi connectivity index (χ3v) is 6.36. The van der Waals surface area contributed by atoms with Gasteiger partial charge in [-0.05, 0) is 31.4 Å². The van der Waals surface area contributed by atoms with Crippen LogP contribution in [0.3, 0.4) is 0 Å². The molecule has 1 N–H and O–H groups in total. The highest BCUT2D eigenvalue weighted by molar-refractivity contribution is 7.89. The van der Waals surface area contributed by atoms with Crippen molar-refractivity contribution in [2.75, 3.05) is 27.3 Å². The molecular formula is C15H23ClN2O4S. The van der Waals surface area contributed by atoms with Crippen molar-refractivity contribution in [2.45, 2.75) is 36.2 Å². The summed E-state index contributed by atoms with van der Waals surface area (Å²) in [5, 5.41) is 3.50. The van der Waals surface area contributed by atoms with E-state index in [-0.39, 0.29) is 23.3 Å². The number of halogens is 1. The topological polar surface area (TPSA) is 67.9 Å². The minimum Gasteiger partial charge on any atom is -0.497 e. The van der Waals surface area contributed by atoms with E-state index < -0.39 is 10.0 Å². The Morgan fingerprint density at radius 2 is 1.87 bits per heavy atom. The molecular weight excluding hydrogens is 340 g/mol. The number of hydrogen-bond acceptors (Lipinski definition) is 5. The molecule has 1 aromatic carbocycles. The first-order chi connectivity index (χ1) is 10.5. The van der Waals surface area contributed by atoms with E-state index in [4.69, 9.17) is 9.47 Å². The van der Waals surface area contributed by atoms with E-state index in [2.05, 4.69) is 5.32 Å². The van der Waals surface area contributed by atoms with E-state index in [1.807, 2.05) is 0 Å². The summed E-state index contributed by atoms with van der Waals surface area (Å²) < 4.78 is 38.0. The maximum atomic E-state index is 13.0. The molecule has 1 aromatic rings. The average Bonchev–Trinajstić information content (AvgIpc) is 2.85. The fourth-order valence-electron chi connectivity index (χ4n) is 3.25. The number of sulfonamides is 1. The van der Waals surface area contributed by atoms with E-state index in [9.17, 15) is 8.42 Å². The zero-order chi connectivity index (χ0) is 15.7. The summed E-state index contributed by atoms with van der Waals surface area (Å²) in [6.07, 6.45) is 3.02. The van der Waals surface area contributed by atoms with Gasteiger partial charge in [0.05, 0.1) is 14.2 Å². The van der Waals surface area contributed by atoms with Gasteiger partial charge in [-0.2, -0.15) is 4.31 Å². The molecule has 2 heterocycles. The lowest BCUT2D eigenvalue weighted by Gasteiger charge is -2.24. The molecule has 0 spiro atoms. The highest BCUT2D eigenvalue weighted by Crippen LogP contribution is 2.32. The van der Waals surface area contributed by atoms with Gasteiger partial charge in [-0.1, -0.05) is 0 Å². The first-order valence-corrected chi connectivity index (χ1v) is 8.97. The van der Waals surface area contributed by atoms with Crippen LogP contribution in [0.4, 0.5) is 0 Å². The van der Waals surface area contributed by atoms with Crippen molar-refractivity contribution >= 4 is 22.4 Å². The Labute approximate surface area is 143 Å². The van der Waals surface area contributed by atoms with Crippen LogP contribution in [0.5, 0.6) is 11.5 Å².